The first-order chi connectivity index (χ1) is 6.89. The monoisotopic (exact) mass is 230 g/mol. The maximum absolute atomic E-state index is 12.7. The van der Waals surface area contributed by atoms with Crippen LogP contribution in [0.5, 0.6) is 5.75 Å². The molecule has 0 aromatic heterocycles. The highest BCUT2D eigenvalue weighted by molar-refractivity contribution is 7.86. The molecule has 3 nitrogen and oxygen atoms in total. The fourth-order valence-corrected chi connectivity index (χ4v) is 2.19. The highest BCUT2D eigenvalue weighted by Crippen LogP contribution is 2.39. The number of hydrogen-bond acceptors (Lipinski definition) is 3. The fourth-order valence-electron chi connectivity index (χ4n) is 1.70. The highest BCUT2D eigenvalue weighted by Gasteiger charge is 2.29. The van der Waals surface area contributed by atoms with Crippen molar-refractivity contribution in [3.63, 3.8) is 0 Å². The van der Waals surface area contributed by atoms with Crippen LogP contribution in [0.1, 0.15) is 25.3 Å². The minimum absolute atomic E-state index is 0.00225. The highest BCUT2D eigenvalue weighted by atomic mass is 32.3. The van der Waals surface area contributed by atoms with Crippen molar-refractivity contribution in [3.05, 3.63) is 23.8 Å². The van der Waals surface area contributed by atoms with Crippen LogP contribution in [0.3, 0.4) is 0 Å². The third-order valence-corrected chi connectivity index (χ3v) is 3.59. The van der Waals surface area contributed by atoms with Crippen molar-refractivity contribution in [1.82, 2.24) is 0 Å². The van der Waals surface area contributed by atoms with Crippen molar-refractivity contribution in [1.29, 1.82) is 0 Å². The smallest absolute Gasteiger partial charge is 0.332 e. The molecule has 82 valence electrons. The van der Waals surface area contributed by atoms with Crippen LogP contribution in [-0.4, -0.2) is 14.5 Å². The average molecular weight is 230 g/mol. The summed E-state index contributed by atoms with van der Waals surface area (Å²) in [6.45, 7) is 3.82. The Hall–Kier alpha value is -1.10. The first-order valence-corrected chi connectivity index (χ1v) is 6.03. The molecule has 5 heteroatoms. The molecule has 1 aromatic rings. The molecule has 2 atom stereocenters. The lowest BCUT2D eigenvalue weighted by Crippen LogP contribution is -2.10. The number of fused-ring (bicyclic) bond motifs is 1. The Balaban J connectivity index is 2.54. The minimum Gasteiger partial charge on any atom is -0.490 e. The van der Waals surface area contributed by atoms with E-state index in [1.54, 1.807) is 0 Å². The number of hydrogen-bond donors (Lipinski definition) is 0. The zero-order chi connectivity index (χ0) is 11.2. The number of rotatable bonds is 1. The Labute approximate surface area is 88.1 Å². The summed E-state index contributed by atoms with van der Waals surface area (Å²) in [5, 5.41) is 0. The third kappa shape index (κ3) is 1.71. The second kappa shape index (κ2) is 3.20. The summed E-state index contributed by atoms with van der Waals surface area (Å²) in [6, 6.07) is 4.07. The zero-order valence-corrected chi connectivity index (χ0v) is 9.21. The summed E-state index contributed by atoms with van der Waals surface area (Å²) in [5.41, 5.74) is 0.751. The van der Waals surface area contributed by atoms with E-state index in [-0.39, 0.29) is 16.9 Å². The SMILES string of the molecule is CC1Oc2ccc(S(=O)(=O)F)cc2C1C. The first-order valence-electron chi connectivity index (χ1n) is 4.65. The molecule has 2 rings (SSSR count). The zero-order valence-electron chi connectivity index (χ0n) is 8.40. The molecule has 0 saturated heterocycles. The molecule has 0 bridgehead atoms. The Morgan fingerprint density at radius 2 is 2.00 bits per heavy atom. The van der Waals surface area contributed by atoms with Crippen molar-refractivity contribution in [3.8, 4) is 5.75 Å². The Kier molecular flexibility index (Phi) is 2.22. The van der Waals surface area contributed by atoms with E-state index in [4.69, 9.17) is 4.74 Å². The Bertz CT molecular complexity index is 495. The van der Waals surface area contributed by atoms with E-state index in [2.05, 4.69) is 0 Å². The molecule has 2 unspecified atom stereocenters. The molecule has 1 heterocycles. The lowest BCUT2D eigenvalue weighted by atomic mass is 9.99. The molecule has 1 aliphatic heterocycles. The third-order valence-electron chi connectivity index (χ3n) is 2.77. The number of ether oxygens (including phenoxy) is 1. The van der Waals surface area contributed by atoms with Gasteiger partial charge in [-0.25, -0.2) is 0 Å². The van der Waals surface area contributed by atoms with Crippen LogP contribution >= 0.6 is 0 Å². The lowest BCUT2D eigenvalue weighted by Gasteiger charge is -2.07. The van der Waals surface area contributed by atoms with E-state index in [1.807, 2.05) is 13.8 Å². The van der Waals surface area contributed by atoms with Gasteiger partial charge in [-0.15, -0.1) is 3.89 Å². The van der Waals surface area contributed by atoms with Crippen molar-refractivity contribution in [2.24, 2.45) is 0 Å². The van der Waals surface area contributed by atoms with Gasteiger partial charge in [-0.1, -0.05) is 6.92 Å². The fraction of sp³-hybridized carbons (Fsp3) is 0.400. The lowest BCUT2D eigenvalue weighted by molar-refractivity contribution is 0.232. The maximum atomic E-state index is 12.7. The van der Waals surface area contributed by atoms with Crippen LogP contribution in [0.25, 0.3) is 0 Å². The van der Waals surface area contributed by atoms with E-state index < -0.39 is 10.2 Å². The van der Waals surface area contributed by atoms with Gasteiger partial charge in [0, 0.05) is 11.5 Å². The van der Waals surface area contributed by atoms with Gasteiger partial charge < -0.3 is 4.74 Å². The second-order valence-corrected chi connectivity index (χ2v) is 5.10. The molecular formula is C10H11FO3S. The van der Waals surface area contributed by atoms with Gasteiger partial charge in [-0.2, -0.15) is 8.42 Å². The molecule has 15 heavy (non-hydrogen) atoms. The van der Waals surface area contributed by atoms with Crippen LogP contribution < -0.4 is 4.74 Å². The summed E-state index contributed by atoms with van der Waals surface area (Å²) in [5.74, 6) is 0.726. The van der Waals surface area contributed by atoms with Gasteiger partial charge in [-0.3, -0.25) is 0 Å². The molecule has 0 radical (unpaired) electrons. The molecule has 0 saturated carbocycles. The van der Waals surface area contributed by atoms with E-state index >= 15 is 0 Å². The Morgan fingerprint density at radius 3 is 2.60 bits per heavy atom. The summed E-state index contributed by atoms with van der Waals surface area (Å²) in [7, 11) is -4.62. The van der Waals surface area contributed by atoms with Crippen molar-refractivity contribution >= 4 is 10.2 Å². The molecule has 0 amide bonds. The summed E-state index contributed by atoms with van der Waals surface area (Å²) >= 11 is 0. The van der Waals surface area contributed by atoms with Crippen LogP contribution in [0.4, 0.5) is 3.89 Å². The summed E-state index contributed by atoms with van der Waals surface area (Å²) in [6.07, 6.45) is -0.00225. The molecule has 0 spiro atoms. The Morgan fingerprint density at radius 1 is 1.33 bits per heavy atom. The van der Waals surface area contributed by atoms with Gasteiger partial charge in [0.15, 0.2) is 0 Å². The molecule has 1 aromatic carbocycles. The van der Waals surface area contributed by atoms with E-state index in [9.17, 15) is 12.3 Å². The van der Waals surface area contributed by atoms with Gasteiger partial charge in [0.05, 0.1) is 4.90 Å². The molecule has 1 aliphatic rings. The normalized spacial score (nSPS) is 24.7. The van der Waals surface area contributed by atoms with E-state index in [1.165, 1.54) is 18.2 Å². The largest absolute Gasteiger partial charge is 0.490 e. The predicted octanol–water partition coefficient (Wildman–Crippen LogP) is 2.23. The number of halogens is 1. The van der Waals surface area contributed by atoms with Gasteiger partial charge >= 0.3 is 10.2 Å². The average Bonchev–Trinajstić information content (AvgIpc) is 2.41. The molecule has 0 N–H and O–H groups in total. The van der Waals surface area contributed by atoms with Gasteiger partial charge in [0.1, 0.15) is 11.9 Å². The van der Waals surface area contributed by atoms with Crippen molar-refractivity contribution in [2.45, 2.75) is 30.8 Å². The topological polar surface area (TPSA) is 43.4 Å². The van der Waals surface area contributed by atoms with Gasteiger partial charge in [0.25, 0.3) is 0 Å². The quantitative estimate of drug-likeness (QED) is 0.695. The summed E-state index contributed by atoms with van der Waals surface area (Å²) < 4.78 is 39.6. The van der Waals surface area contributed by atoms with Gasteiger partial charge in [0.2, 0.25) is 0 Å². The van der Waals surface area contributed by atoms with E-state index in [0.717, 1.165) is 5.56 Å². The molecular weight excluding hydrogens is 219 g/mol. The van der Waals surface area contributed by atoms with E-state index in [0.29, 0.717) is 5.75 Å². The van der Waals surface area contributed by atoms with Crippen LogP contribution in [0.2, 0.25) is 0 Å². The standard InChI is InChI=1S/C10H11FO3S/c1-6-7(2)14-10-4-3-8(5-9(6)10)15(11,12)13/h3-7H,1-2H3. The van der Waals surface area contributed by atoms with Crippen LogP contribution in [0, 0.1) is 0 Å². The summed E-state index contributed by atoms with van der Waals surface area (Å²) in [4.78, 5) is -0.300. The maximum Gasteiger partial charge on any atom is 0.332 e. The number of benzene rings is 1. The van der Waals surface area contributed by atoms with Crippen LogP contribution in [0.15, 0.2) is 23.1 Å². The molecule has 0 fully saturated rings. The first kappa shape index (κ1) is 10.4. The minimum atomic E-state index is -4.62. The second-order valence-electron chi connectivity index (χ2n) is 3.75. The van der Waals surface area contributed by atoms with Crippen LogP contribution in [-0.2, 0) is 10.2 Å². The van der Waals surface area contributed by atoms with Crippen molar-refractivity contribution in [2.75, 3.05) is 0 Å². The van der Waals surface area contributed by atoms with Gasteiger partial charge in [-0.05, 0) is 25.1 Å². The predicted molar refractivity (Wildman–Crippen MR) is 53.2 cm³/mol. The van der Waals surface area contributed by atoms with Crippen molar-refractivity contribution < 1.29 is 17.0 Å². The molecule has 0 aliphatic carbocycles.